The van der Waals surface area contributed by atoms with E-state index in [1.54, 1.807) is 31.1 Å². The van der Waals surface area contributed by atoms with E-state index < -0.39 is 0 Å². The summed E-state index contributed by atoms with van der Waals surface area (Å²) in [5.41, 5.74) is 1.56. The van der Waals surface area contributed by atoms with E-state index in [2.05, 4.69) is 0 Å². The van der Waals surface area contributed by atoms with Crippen LogP contribution in [0.1, 0.15) is 19.3 Å². The van der Waals surface area contributed by atoms with Crippen molar-refractivity contribution in [2.45, 2.75) is 19.3 Å². The summed E-state index contributed by atoms with van der Waals surface area (Å²) in [7, 11) is 3.43. The molecule has 0 aliphatic rings. The molecule has 2 rings (SSSR count). The van der Waals surface area contributed by atoms with Gasteiger partial charge in [-0.2, -0.15) is 0 Å². The first-order valence-corrected chi connectivity index (χ1v) is 7.86. The largest absolute Gasteiger partial charge is 0.508 e. The lowest BCUT2D eigenvalue weighted by Crippen LogP contribution is -2.28. The number of rotatable bonds is 6. The van der Waals surface area contributed by atoms with Gasteiger partial charge in [0, 0.05) is 38.3 Å². The predicted molar refractivity (Wildman–Crippen MR) is 95.2 cm³/mol. The van der Waals surface area contributed by atoms with E-state index in [0.717, 1.165) is 5.69 Å². The van der Waals surface area contributed by atoms with E-state index in [1.165, 1.54) is 17.0 Å². The van der Waals surface area contributed by atoms with E-state index in [9.17, 15) is 14.7 Å². The predicted octanol–water partition coefficient (Wildman–Crippen LogP) is 3.19. The Bertz CT molecular complexity index is 684. The van der Waals surface area contributed by atoms with E-state index in [0.29, 0.717) is 24.9 Å². The zero-order chi connectivity index (χ0) is 17.5. The highest BCUT2D eigenvalue weighted by Crippen LogP contribution is 2.19. The molecule has 126 valence electrons. The summed E-state index contributed by atoms with van der Waals surface area (Å²) in [6, 6.07) is 15.9. The summed E-state index contributed by atoms with van der Waals surface area (Å²) in [6.07, 6.45) is 1.11. The van der Waals surface area contributed by atoms with E-state index in [-0.39, 0.29) is 17.6 Å². The van der Waals surface area contributed by atoms with Crippen LogP contribution in [0.5, 0.6) is 5.75 Å². The van der Waals surface area contributed by atoms with Gasteiger partial charge in [-0.3, -0.25) is 9.59 Å². The second-order valence-corrected chi connectivity index (χ2v) is 5.61. The van der Waals surface area contributed by atoms with Gasteiger partial charge in [-0.25, -0.2) is 0 Å². The molecule has 2 amide bonds. The van der Waals surface area contributed by atoms with Crippen LogP contribution in [0.15, 0.2) is 54.6 Å². The van der Waals surface area contributed by atoms with Gasteiger partial charge in [0.15, 0.2) is 0 Å². The van der Waals surface area contributed by atoms with Crippen LogP contribution in [-0.4, -0.2) is 31.0 Å². The molecule has 0 radical (unpaired) electrons. The molecule has 0 fully saturated rings. The first kappa shape index (κ1) is 17.5. The van der Waals surface area contributed by atoms with Gasteiger partial charge in [0.05, 0.1) is 0 Å². The molecule has 1 N–H and O–H groups in total. The maximum Gasteiger partial charge on any atom is 0.226 e. The molecule has 0 unspecified atom stereocenters. The molecule has 5 heteroatoms. The third-order valence-electron chi connectivity index (χ3n) is 3.91. The van der Waals surface area contributed by atoms with Crippen LogP contribution in [0, 0.1) is 0 Å². The number of hydrogen-bond donors (Lipinski definition) is 1. The highest BCUT2D eigenvalue weighted by molar-refractivity contribution is 5.95. The van der Waals surface area contributed by atoms with Crippen LogP contribution in [0.2, 0.25) is 0 Å². The molecule has 0 aromatic heterocycles. The Kier molecular flexibility index (Phi) is 5.95. The smallest absolute Gasteiger partial charge is 0.226 e. The van der Waals surface area contributed by atoms with Gasteiger partial charge >= 0.3 is 0 Å². The highest BCUT2D eigenvalue weighted by atomic mass is 16.3. The number of carbonyl (C=O) groups is 2. The molecule has 0 aliphatic carbocycles. The Hall–Kier alpha value is -2.82. The topological polar surface area (TPSA) is 60.9 Å². The molecule has 0 saturated carbocycles. The van der Waals surface area contributed by atoms with Crippen LogP contribution in [0.4, 0.5) is 11.4 Å². The average molecular weight is 326 g/mol. The summed E-state index contributed by atoms with van der Waals surface area (Å²) >= 11 is 0. The van der Waals surface area contributed by atoms with Crippen molar-refractivity contribution in [3.05, 3.63) is 54.6 Å². The quantitative estimate of drug-likeness (QED) is 0.887. The fourth-order valence-electron chi connectivity index (χ4n) is 2.34. The number of carbonyl (C=O) groups excluding carboxylic acids is 2. The standard InChI is InChI=1S/C19H22N2O3/c1-20(15-7-4-3-5-8-15)18(23)9-6-10-19(24)21(2)16-11-13-17(22)14-12-16/h3-5,7-8,11-14,22H,6,9-10H2,1-2H3. The normalized spacial score (nSPS) is 10.2. The van der Waals surface area contributed by atoms with Crippen molar-refractivity contribution < 1.29 is 14.7 Å². The van der Waals surface area contributed by atoms with Crippen LogP contribution in [0.3, 0.4) is 0 Å². The Labute approximate surface area is 142 Å². The van der Waals surface area contributed by atoms with Gasteiger partial charge in [-0.15, -0.1) is 0 Å². The average Bonchev–Trinajstić information content (AvgIpc) is 2.61. The zero-order valence-electron chi connectivity index (χ0n) is 14.0. The summed E-state index contributed by atoms with van der Waals surface area (Å²) in [5, 5.41) is 9.28. The summed E-state index contributed by atoms with van der Waals surface area (Å²) in [4.78, 5) is 27.5. The minimum absolute atomic E-state index is 0.0127. The molecule has 2 aromatic rings. The third kappa shape index (κ3) is 4.59. The number of amides is 2. The number of hydrogen-bond acceptors (Lipinski definition) is 3. The van der Waals surface area contributed by atoms with Gasteiger partial charge in [-0.1, -0.05) is 18.2 Å². The fourth-order valence-corrected chi connectivity index (χ4v) is 2.34. The van der Waals surface area contributed by atoms with Crippen molar-refractivity contribution in [2.24, 2.45) is 0 Å². The number of benzene rings is 2. The number of anilines is 2. The SMILES string of the molecule is CN(C(=O)CCCC(=O)N(C)c1ccc(O)cc1)c1ccccc1. The maximum absolute atomic E-state index is 12.2. The van der Waals surface area contributed by atoms with E-state index in [4.69, 9.17) is 0 Å². The number of nitrogens with zero attached hydrogens (tertiary/aromatic N) is 2. The summed E-state index contributed by atoms with van der Waals surface area (Å²) in [6.45, 7) is 0. The molecule has 24 heavy (non-hydrogen) atoms. The van der Waals surface area contributed by atoms with Gasteiger partial charge < -0.3 is 14.9 Å². The van der Waals surface area contributed by atoms with E-state index >= 15 is 0 Å². The second-order valence-electron chi connectivity index (χ2n) is 5.61. The van der Waals surface area contributed by atoms with Gasteiger partial charge in [0.2, 0.25) is 11.8 Å². The molecule has 2 aromatic carbocycles. The first-order chi connectivity index (χ1) is 11.5. The van der Waals surface area contributed by atoms with Crippen molar-refractivity contribution in [3.8, 4) is 5.75 Å². The van der Waals surface area contributed by atoms with Crippen molar-refractivity contribution in [2.75, 3.05) is 23.9 Å². The van der Waals surface area contributed by atoms with Gasteiger partial charge in [0.1, 0.15) is 5.75 Å². The Morgan fingerprint density at radius 2 is 1.25 bits per heavy atom. The van der Waals surface area contributed by atoms with Crippen LogP contribution in [0.25, 0.3) is 0 Å². The Morgan fingerprint density at radius 3 is 1.75 bits per heavy atom. The number of phenolic OH excluding ortho intramolecular Hbond substituents is 1. The molecule has 0 spiro atoms. The molecule has 0 aliphatic heterocycles. The minimum atomic E-state index is -0.0594. The van der Waals surface area contributed by atoms with Gasteiger partial charge in [-0.05, 0) is 42.8 Å². The lowest BCUT2D eigenvalue weighted by Gasteiger charge is -2.19. The Balaban J connectivity index is 1.81. The van der Waals surface area contributed by atoms with Crippen molar-refractivity contribution in [3.63, 3.8) is 0 Å². The molecule has 0 saturated heterocycles. The second kappa shape index (κ2) is 8.15. The van der Waals surface area contributed by atoms with Crippen molar-refractivity contribution in [1.82, 2.24) is 0 Å². The molecule has 0 bridgehead atoms. The first-order valence-electron chi connectivity index (χ1n) is 7.86. The molecular weight excluding hydrogens is 304 g/mol. The molecule has 5 nitrogen and oxygen atoms in total. The Morgan fingerprint density at radius 1 is 0.792 bits per heavy atom. The van der Waals surface area contributed by atoms with Crippen LogP contribution < -0.4 is 9.80 Å². The van der Waals surface area contributed by atoms with E-state index in [1.807, 2.05) is 30.3 Å². The van der Waals surface area contributed by atoms with Crippen molar-refractivity contribution >= 4 is 23.2 Å². The number of aromatic hydroxyl groups is 1. The molecular formula is C19H22N2O3. The summed E-state index contributed by atoms with van der Waals surface area (Å²) in [5.74, 6) is 0.0892. The fraction of sp³-hybridized carbons (Fsp3) is 0.263. The third-order valence-corrected chi connectivity index (χ3v) is 3.91. The monoisotopic (exact) mass is 326 g/mol. The highest BCUT2D eigenvalue weighted by Gasteiger charge is 2.14. The maximum atomic E-state index is 12.2. The zero-order valence-corrected chi connectivity index (χ0v) is 14.0. The summed E-state index contributed by atoms with van der Waals surface area (Å²) < 4.78 is 0. The van der Waals surface area contributed by atoms with Crippen LogP contribution >= 0.6 is 0 Å². The number of phenols is 1. The van der Waals surface area contributed by atoms with Crippen LogP contribution in [-0.2, 0) is 9.59 Å². The minimum Gasteiger partial charge on any atom is -0.508 e. The molecule has 0 heterocycles. The molecule has 0 atom stereocenters. The van der Waals surface area contributed by atoms with Gasteiger partial charge in [0.25, 0.3) is 0 Å². The lowest BCUT2D eigenvalue weighted by molar-refractivity contribution is -0.119. The van der Waals surface area contributed by atoms with Crippen molar-refractivity contribution in [1.29, 1.82) is 0 Å². The number of para-hydroxylation sites is 1. The lowest BCUT2D eigenvalue weighted by atomic mass is 10.2.